The van der Waals surface area contributed by atoms with Gasteiger partial charge in [-0.3, -0.25) is 0 Å². The van der Waals surface area contributed by atoms with Gasteiger partial charge in [0.05, 0.1) is 6.04 Å². The van der Waals surface area contributed by atoms with Crippen molar-refractivity contribution < 1.29 is 0 Å². The summed E-state index contributed by atoms with van der Waals surface area (Å²) in [4.78, 5) is 4.53. The van der Waals surface area contributed by atoms with Gasteiger partial charge in [-0.05, 0) is 39.0 Å². The highest BCUT2D eigenvalue weighted by molar-refractivity contribution is 7.09. The second-order valence-corrected chi connectivity index (χ2v) is 5.46. The fourth-order valence-corrected chi connectivity index (χ4v) is 2.86. The van der Waals surface area contributed by atoms with Gasteiger partial charge >= 0.3 is 0 Å². The lowest BCUT2D eigenvalue weighted by molar-refractivity contribution is 0.404. The Bertz CT molecular complexity index is 317. The normalized spacial score (nSPS) is 20.2. The molecule has 15 heavy (non-hydrogen) atoms. The van der Waals surface area contributed by atoms with Crippen LogP contribution in [0.4, 0.5) is 0 Å². The van der Waals surface area contributed by atoms with E-state index in [1.165, 1.54) is 24.3 Å². The van der Waals surface area contributed by atoms with Gasteiger partial charge in [-0.1, -0.05) is 6.92 Å². The molecule has 2 unspecified atom stereocenters. The van der Waals surface area contributed by atoms with Crippen LogP contribution in [0.1, 0.15) is 49.9 Å². The average molecular weight is 224 g/mol. The number of rotatable bonds is 5. The highest BCUT2D eigenvalue weighted by atomic mass is 32.1. The number of nitrogens with one attached hydrogen (secondary N) is 1. The first-order valence-electron chi connectivity index (χ1n) is 5.88. The first-order valence-corrected chi connectivity index (χ1v) is 6.76. The maximum Gasteiger partial charge on any atom is 0.110 e. The van der Waals surface area contributed by atoms with Gasteiger partial charge in [-0.25, -0.2) is 4.98 Å². The lowest BCUT2D eigenvalue weighted by Crippen LogP contribution is -2.32. The molecule has 2 atom stereocenters. The lowest BCUT2D eigenvalue weighted by atomic mass is 10.1. The van der Waals surface area contributed by atoms with E-state index in [-0.39, 0.29) is 0 Å². The average Bonchev–Trinajstić information content (AvgIpc) is 2.97. The SMILES string of the molecule is CCC(NC(C)c1nc(C)cs1)C1CC1. The number of aromatic nitrogens is 1. The van der Waals surface area contributed by atoms with Crippen molar-refractivity contribution in [2.24, 2.45) is 5.92 Å². The molecule has 2 rings (SSSR count). The van der Waals surface area contributed by atoms with Crippen LogP contribution in [0.3, 0.4) is 0 Å². The molecule has 1 heterocycles. The largest absolute Gasteiger partial charge is 0.305 e. The predicted molar refractivity (Wildman–Crippen MR) is 65.2 cm³/mol. The first-order chi connectivity index (χ1) is 7.20. The molecule has 1 aliphatic rings. The maximum absolute atomic E-state index is 4.53. The molecule has 1 aliphatic carbocycles. The quantitative estimate of drug-likeness (QED) is 0.830. The molecule has 1 N–H and O–H groups in total. The summed E-state index contributed by atoms with van der Waals surface area (Å²) < 4.78 is 0. The van der Waals surface area contributed by atoms with Crippen molar-refractivity contribution in [3.63, 3.8) is 0 Å². The molecule has 0 saturated heterocycles. The third-order valence-electron chi connectivity index (χ3n) is 3.10. The van der Waals surface area contributed by atoms with E-state index >= 15 is 0 Å². The molecule has 1 fully saturated rings. The number of nitrogens with zero attached hydrogens (tertiary/aromatic N) is 1. The van der Waals surface area contributed by atoms with E-state index in [0.717, 1.165) is 11.6 Å². The number of hydrogen-bond donors (Lipinski definition) is 1. The van der Waals surface area contributed by atoms with Gasteiger partial charge < -0.3 is 5.32 Å². The zero-order valence-electron chi connectivity index (χ0n) is 9.79. The summed E-state index contributed by atoms with van der Waals surface area (Å²) in [5.74, 6) is 0.929. The molecular formula is C12H20N2S. The predicted octanol–water partition coefficient (Wildman–Crippen LogP) is 3.29. The van der Waals surface area contributed by atoms with Gasteiger partial charge in [0.25, 0.3) is 0 Å². The van der Waals surface area contributed by atoms with Crippen LogP contribution in [0.15, 0.2) is 5.38 Å². The van der Waals surface area contributed by atoms with E-state index < -0.39 is 0 Å². The Balaban J connectivity index is 1.92. The number of thiazole rings is 1. The first kappa shape index (κ1) is 11.1. The van der Waals surface area contributed by atoms with Gasteiger partial charge in [-0.15, -0.1) is 11.3 Å². The zero-order valence-corrected chi connectivity index (χ0v) is 10.6. The van der Waals surface area contributed by atoms with Crippen LogP contribution >= 0.6 is 11.3 Å². The van der Waals surface area contributed by atoms with Crippen molar-refractivity contribution in [1.82, 2.24) is 10.3 Å². The summed E-state index contributed by atoms with van der Waals surface area (Å²) in [6.45, 7) is 6.56. The minimum Gasteiger partial charge on any atom is -0.305 e. The van der Waals surface area contributed by atoms with Crippen molar-refractivity contribution in [2.75, 3.05) is 0 Å². The van der Waals surface area contributed by atoms with Gasteiger partial charge in [0.1, 0.15) is 5.01 Å². The van der Waals surface area contributed by atoms with E-state index in [2.05, 4.69) is 36.5 Å². The summed E-state index contributed by atoms with van der Waals surface area (Å²) in [6, 6.07) is 1.11. The second kappa shape index (κ2) is 4.62. The van der Waals surface area contributed by atoms with Gasteiger partial charge in [-0.2, -0.15) is 0 Å². The molecule has 0 bridgehead atoms. The third-order valence-corrected chi connectivity index (χ3v) is 4.25. The summed E-state index contributed by atoms with van der Waals surface area (Å²) in [5.41, 5.74) is 1.14. The Morgan fingerprint density at radius 1 is 1.60 bits per heavy atom. The Kier molecular flexibility index (Phi) is 3.42. The second-order valence-electron chi connectivity index (χ2n) is 4.57. The van der Waals surface area contributed by atoms with Crippen molar-refractivity contribution in [2.45, 2.75) is 52.1 Å². The Morgan fingerprint density at radius 2 is 2.33 bits per heavy atom. The standard InChI is InChI=1S/C12H20N2S/c1-4-11(10-5-6-10)14-9(3)12-13-8(2)7-15-12/h7,9-11,14H,4-6H2,1-3H3. The molecule has 1 saturated carbocycles. The molecule has 0 spiro atoms. The van der Waals surface area contributed by atoms with Gasteiger partial charge in [0.15, 0.2) is 0 Å². The summed E-state index contributed by atoms with van der Waals surface area (Å²) >= 11 is 1.77. The lowest BCUT2D eigenvalue weighted by Gasteiger charge is -2.20. The van der Waals surface area contributed by atoms with Crippen molar-refractivity contribution in [3.05, 3.63) is 16.1 Å². The molecule has 0 radical (unpaired) electrons. The van der Waals surface area contributed by atoms with Crippen LogP contribution in [0.25, 0.3) is 0 Å². The van der Waals surface area contributed by atoms with E-state index in [1.807, 2.05) is 0 Å². The zero-order chi connectivity index (χ0) is 10.8. The fraction of sp³-hybridized carbons (Fsp3) is 0.750. The number of aryl methyl sites for hydroxylation is 1. The van der Waals surface area contributed by atoms with Crippen LogP contribution in [0.2, 0.25) is 0 Å². The molecule has 1 aromatic rings. The monoisotopic (exact) mass is 224 g/mol. The molecule has 1 aromatic heterocycles. The van der Waals surface area contributed by atoms with Crippen LogP contribution in [0.5, 0.6) is 0 Å². The minimum atomic E-state index is 0.411. The molecule has 0 amide bonds. The summed E-state index contributed by atoms with van der Waals surface area (Å²) in [6.07, 6.45) is 4.06. The van der Waals surface area contributed by atoms with Crippen LogP contribution in [-0.4, -0.2) is 11.0 Å². The smallest absolute Gasteiger partial charge is 0.110 e. The van der Waals surface area contributed by atoms with E-state index in [4.69, 9.17) is 0 Å². The Hall–Kier alpha value is -0.410. The Labute approximate surface area is 96.1 Å². The molecule has 84 valence electrons. The highest BCUT2D eigenvalue weighted by Crippen LogP contribution is 2.35. The van der Waals surface area contributed by atoms with Crippen LogP contribution in [0, 0.1) is 12.8 Å². The topological polar surface area (TPSA) is 24.9 Å². The maximum atomic E-state index is 4.53. The summed E-state index contributed by atoms with van der Waals surface area (Å²) in [7, 11) is 0. The van der Waals surface area contributed by atoms with Crippen molar-refractivity contribution in [3.8, 4) is 0 Å². The fourth-order valence-electron chi connectivity index (χ4n) is 2.05. The van der Waals surface area contributed by atoms with E-state index in [1.54, 1.807) is 11.3 Å². The molecular weight excluding hydrogens is 204 g/mol. The number of hydrogen-bond acceptors (Lipinski definition) is 3. The third kappa shape index (κ3) is 2.79. The Morgan fingerprint density at radius 3 is 2.80 bits per heavy atom. The molecule has 3 heteroatoms. The van der Waals surface area contributed by atoms with E-state index in [0.29, 0.717) is 12.1 Å². The minimum absolute atomic E-state index is 0.411. The van der Waals surface area contributed by atoms with E-state index in [9.17, 15) is 0 Å². The van der Waals surface area contributed by atoms with Crippen molar-refractivity contribution >= 4 is 11.3 Å². The van der Waals surface area contributed by atoms with Gasteiger partial charge in [0.2, 0.25) is 0 Å². The molecule has 2 nitrogen and oxygen atoms in total. The molecule has 0 aromatic carbocycles. The van der Waals surface area contributed by atoms with Crippen LogP contribution in [-0.2, 0) is 0 Å². The molecule has 0 aliphatic heterocycles. The van der Waals surface area contributed by atoms with Crippen molar-refractivity contribution in [1.29, 1.82) is 0 Å². The van der Waals surface area contributed by atoms with Crippen LogP contribution < -0.4 is 5.32 Å². The summed E-state index contributed by atoms with van der Waals surface area (Å²) in [5, 5.41) is 7.06. The van der Waals surface area contributed by atoms with Gasteiger partial charge in [0, 0.05) is 17.1 Å². The highest BCUT2D eigenvalue weighted by Gasteiger charge is 2.30.